The summed E-state index contributed by atoms with van der Waals surface area (Å²) in [5.41, 5.74) is 1.96. The number of benzene rings is 3. The molecule has 3 aromatic carbocycles. The number of ether oxygens (including phenoxy) is 1. The molecule has 0 saturated heterocycles. The van der Waals surface area contributed by atoms with Gasteiger partial charge in [-0.3, -0.25) is 13.9 Å². The fourth-order valence-electron chi connectivity index (χ4n) is 4.01. The quantitative estimate of drug-likeness (QED) is 0.298. The Kier molecular flexibility index (Phi) is 11.0. The molecule has 0 aliphatic rings. The molecule has 0 heterocycles. The van der Waals surface area contributed by atoms with Gasteiger partial charge in [-0.25, -0.2) is 8.42 Å². The normalized spacial score (nSPS) is 11.9. The van der Waals surface area contributed by atoms with Crippen molar-refractivity contribution in [2.45, 2.75) is 51.6 Å². The first kappa shape index (κ1) is 31.0. The first-order valence-electron chi connectivity index (χ1n) is 13.2. The Morgan fingerprint density at radius 1 is 0.950 bits per heavy atom. The van der Waals surface area contributed by atoms with E-state index in [-0.39, 0.29) is 17.3 Å². The second-order valence-electron chi connectivity index (χ2n) is 9.37. The van der Waals surface area contributed by atoms with Crippen LogP contribution in [0.15, 0.2) is 77.7 Å². The Morgan fingerprint density at radius 3 is 2.15 bits per heavy atom. The van der Waals surface area contributed by atoms with Gasteiger partial charge in [-0.15, -0.1) is 0 Å². The number of amides is 2. The van der Waals surface area contributed by atoms with Crippen LogP contribution in [-0.2, 0) is 26.2 Å². The lowest BCUT2D eigenvalue weighted by atomic mass is 10.1. The Morgan fingerprint density at radius 2 is 1.57 bits per heavy atom. The van der Waals surface area contributed by atoms with Crippen molar-refractivity contribution < 1.29 is 22.7 Å². The van der Waals surface area contributed by atoms with E-state index in [1.165, 1.54) is 17.0 Å². The maximum atomic E-state index is 13.9. The summed E-state index contributed by atoms with van der Waals surface area (Å²) < 4.78 is 34.3. The van der Waals surface area contributed by atoms with Gasteiger partial charge in [-0.2, -0.15) is 0 Å². The maximum absolute atomic E-state index is 13.9. The Balaban J connectivity index is 2.01. The van der Waals surface area contributed by atoms with Crippen molar-refractivity contribution in [2.75, 3.05) is 24.0 Å². The summed E-state index contributed by atoms with van der Waals surface area (Å²) >= 11 is 6.04. The largest absolute Gasteiger partial charge is 0.494 e. The molecule has 1 unspecified atom stereocenters. The molecule has 8 nitrogen and oxygen atoms in total. The van der Waals surface area contributed by atoms with Crippen LogP contribution in [0.25, 0.3) is 0 Å². The zero-order valence-corrected chi connectivity index (χ0v) is 24.8. The van der Waals surface area contributed by atoms with Crippen molar-refractivity contribution in [1.82, 2.24) is 10.2 Å². The van der Waals surface area contributed by atoms with Gasteiger partial charge in [0.15, 0.2) is 0 Å². The number of hydrogen-bond acceptors (Lipinski definition) is 5. The molecule has 3 aromatic rings. The molecule has 0 bridgehead atoms. The topological polar surface area (TPSA) is 96.0 Å². The number of hydrogen-bond donors (Lipinski definition) is 1. The predicted molar refractivity (Wildman–Crippen MR) is 158 cm³/mol. The molecule has 0 aliphatic carbocycles. The minimum absolute atomic E-state index is 0.0535. The van der Waals surface area contributed by atoms with E-state index < -0.39 is 28.5 Å². The van der Waals surface area contributed by atoms with Gasteiger partial charge < -0.3 is 15.0 Å². The third kappa shape index (κ3) is 7.99. The zero-order chi connectivity index (χ0) is 29.3. The van der Waals surface area contributed by atoms with E-state index in [0.29, 0.717) is 29.6 Å². The first-order chi connectivity index (χ1) is 19.1. The predicted octanol–water partition coefficient (Wildman–Crippen LogP) is 5.19. The molecular formula is C30H36ClN3O5S. The molecule has 0 fully saturated rings. The molecule has 214 valence electrons. The third-order valence-corrected chi connectivity index (χ3v) is 8.35. The molecule has 0 saturated carbocycles. The lowest BCUT2D eigenvalue weighted by Gasteiger charge is -2.32. The molecule has 0 aliphatic heterocycles. The van der Waals surface area contributed by atoms with Crippen LogP contribution < -0.4 is 14.4 Å². The number of rotatable bonds is 13. The number of carbonyl (C=O) groups excluding carboxylic acids is 2. The Hall–Kier alpha value is -3.56. The highest BCUT2D eigenvalue weighted by molar-refractivity contribution is 7.92. The number of sulfonamides is 1. The van der Waals surface area contributed by atoms with E-state index in [2.05, 4.69) is 5.32 Å². The molecule has 0 spiro atoms. The molecule has 0 radical (unpaired) electrons. The lowest BCUT2D eigenvalue weighted by Crippen LogP contribution is -2.51. The van der Waals surface area contributed by atoms with Crippen molar-refractivity contribution in [3.63, 3.8) is 0 Å². The summed E-state index contributed by atoms with van der Waals surface area (Å²) in [6, 6.07) is 19.1. The number of nitrogens with one attached hydrogen (secondary N) is 1. The molecule has 10 heteroatoms. The number of anilines is 1. The van der Waals surface area contributed by atoms with Crippen molar-refractivity contribution >= 4 is 39.1 Å². The molecule has 40 heavy (non-hydrogen) atoms. The Labute approximate surface area is 241 Å². The summed E-state index contributed by atoms with van der Waals surface area (Å²) in [6.45, 7) is 7.80. The van der Waals surface area contributed by atoms with Crippen LogP contribution in [0.2, 0.25) is 5.02 Å². The summed E-state index contributed by atoms with van der Waals surface area (Å²) in [4.78, 5) is 28.3. The molecule has 1 N–H and O–H groups in total. The van der Waals surface area contributed by atoms with E-state index in [4.69, 9.17) is 16.3 Å². The number of nitrogens with zero attached hydrogens (tertiary/aromatic N) is 2. The Bertz CT molecular complexity index is 1380. The average Bonchev–Trinajstić information content (AvgIpc) is 2.94. The smallest absolute Gasteiger partial charge is 0.264 e. The van der Waals surface area contributed by atoms with Crippen LogP contribution in [0.5, 0.6) is 5.75 Å². The van der Waals surface area contributed by atoms with Crippen LogP contribution in [0.4, 0.5) is 5.69 Å². The fourth-order valence-corrected chi connectivity index (χ4v) is 5.55. The number of aryl methyl sites for hydroxylation is 1. The van der Waals surface area contributed by atoms with Crippen LogP contribution in [-0.4, -0.2) is 50.9 Å². The van der Waals surface area contributed by atoms with Gasteiger partial charge in [0.05, 0.1) is 17.2 Å². The monoisotopic (exact) mass is 585 g/mol. The van der Waals surface area contributed by atoms with Gasteiger partial charge in [-0.1, -0.05) is 48.4 Å². The minimum Gasteiger partial charge on any atom is -0.494 e. The first-order valence-corrected chi connectivity index (χ1v) is 15.0. The molecule has 3 rings (SSSR count). The highest BCUT2D eigenvalue weighted by Crippen LogP contribution is 2.27. The summed E-state index contributed by atoms with van der Waals surface area (Å²) in [6.07, 6.45) is 0.740. The fraction of sp³-hybridized carbons (Fsp3) is 0.333. The zero-order valence-electron chi connectivity index (χ0n) is 23.3. The molecule has 0 aromatic heterocycles. The van der Waals surface area contributed by atoms with E-state index in [0.717, 1.165) is 21.9 Å². The van der Waals surface area contributed by atoms with Gasteiger partial charge >= 0.3 is 0 Å². The number of halogens is 1. The van der Waals surface area contributed by atoms with Crippen LogP contribution in [0.3, 0.4) is 0 Å². The molecule has 1 atom stereocenters. The molecule has 2 amide bonds. The standard InChI is InChI=1S/C30H36ClN3O5S/c1-5-19-32-30(36)23(4)33(20-24-9-11-25(31)12-10-24)29(35)21-34(26-13-15-27(16-14-26)39-6-2)40(37,38)28-17-7-22(3)8-18-28/h7-18,23H,5-6,19-21H2,1-4H3,(H,32,36). The highest BCUT2D eigenvalue weighted by atomic mass is 35.5. The second-order valence-corrected chi connectivity index (χ2v) is 11.7. The summed E-state index contributed by atoms with van der Waals surface area (Å²) in [7, 11) is -4.14. The van der Waals surface area contributed by atoms with Gasteiger partial charge in [0.2, 0.25) is 11.8 Å². The SMILES string of the molecule is CCCNC(=O)C(C)N(Cc1ccc(Cl)cc1)C(=O)CN(c1ccc(OCC)cc1)S(=O)(=O)c1ccc(C)cc1. The summed E-state index contributed by atoms with van der Waals surface area (Å²) in [5.74, 6) is -0.271. The average molecular weight is 586 g/mol. The van der Waals surface area contributed by atoms with Gasteiger partial charge in [0, 0.05) is 18.1 Å². The van der Waals surface area contributed by atoms with Crippen molar-refractivity contribution in [3.05, 3.63) is 88.9 Å². The van der Waals surface area contributed by atoms with Crippen LogP contribution in [0, 0.1) is 6.92 Å². The maximum Gasteiger partial charge on any atom is 0.264 e. The van der Waals surface area contributed by atoms with E-state index in [1.807, 2.05) is 20.8 Å². The third-order valence-electron chi connectivity index (χ3n) is 6.31. The van der Waals surface area contributed by atoms with Gasteiger partial charge in [0.1, 0.15) is 18.3 Å². The van der Waals surface area contributed by atoms with Gasteiger partial charge in [0.25, 0.3) is 10.0 Å². The van der Waals surface area contributed by atoms with E-state index in [9.17, 15) is 18.0 Å². The molecular weight excluding hydrogens is 550 g/mol. The van der Waals surface area contributed by atoms with Crippen LogP contribution in [0.1, 0.15) is 38.3 Å². The van der Waals surface area contributed by atoms with Gasteiger partial charge in [-0.05, 0) is 81.3 Å². The summed E-state index contributed by atoms with van der Waals surface area (Å²) in [5, 5.41) is 3.37. The minimum atomic E-state index is -4.14. The van der Waals surface area contributed by atoms with Crippen molar-refractivity contribution in [1.29, 1.82) is 0 Å². The van der Waals surface area contributed by atoms with E-state index in [1.54, 1.807) is 67.6 Å². The van der Waals surface area contributed by atoms with E-state index >= 15 is 0 Å². The highest BCUT2D eigenvalue weighted by Gasteiger charge is 2.32. The lowest BCUT2D eigenvalue weighted by molar-refractivity contribution is -0.139. The van der Waals surface area contributed by atoms with Crippen LogP contribution >= 0.6 is 11.6 Å². The number of carbonyl (C=O) groups is 2. The van der Waals surface area contributed by atoms with Crippen molar-refractivity contribution in [2.24, 2.45) is 0 Å². The second kappa shape index (κ2) is 14.2. The van der Waals surface area contributed by atoms with Crippen molar-refractivity contribution in [3.8, 4) is 5.75 Å².